The Hall–Kier alpha value is -0.730. The molecule has 1 aliphatic carbocycles. The highest BCUT2D eigenvalue weighted by molar-refractivity contribution is 5.67. The molecule has 0 aromatic rings. The Balaban J connectivity index is 1.96. The van der Waals surface area contributed by atoms with E-state index in [1.54, 1.807) is 0 Å². The van der Waals surface area contributed by atoms with Crippen LogP contribution in [-0.4, -0.2) is 19.2 Å². The number of alkyl carbamates (subject to hydrolysis) is 1. The number of unbranched alkanes of at least 4 members (excludes halogenated alkanes) is 6. The van der Waals surface area contributed by atoms with E-state index < -0.39 is 0 Å². The molecule has 0 saturated heterocycles. The first-order chi connectivity index (χ1) is 10.2. The van der Waals surface area contributed by atoms with Gasteiger partial charge in [-0.05, 0) is 25.7 Å². The number of hydrogen-bond acceptors (Lipinski definition) is 2. The Bertz CT molecular complexity index is 272. The third-order valence-electron chi connectivity index (χ3n) is 4.97. The molecule has 124 valence electrons. The van der Waals surface area contributed by atoms with Crippen molar-refractivity contribution in [2.75, 3.05) is 13.2 Å². The van der Waals surface area contributed by atoms with E-state index in [0.717, 1.165) is 19.4 Å². The maximum Gasteiger partial charge on any atom is 0.407 e. The lowest BCUT2D eigenvalue weighted by Crippen LogP contribution is -2.31. The molecule has 0 aromatic carbocycles. The lowest BCUT2D eigenvalue weighted by Gasteiger charge is -2.26. The van der Waals surface area contributed by atoms with Gasteiger partial charge in [-0.25, -0.2) is 4.79 Å². The average Bonchev–Trinajstić information content (AvgIpc) is 2.97. The van der Waals surface area contributed by atoms with Gasteiger partial charge in [0, 0.05) is 12.0 Å². The summed E-state index contributed by atoms with van der Waals surface area (Å²) in [4.78, 5) is 11.7. The topological polar surface area (TPSA) is 38.3 Å². The van der Waals surface area contributed by atoms with Crippen molar-refractivity contribution in [1.82, 2.24) is 5.32 Å². The van der Waals surface area contributed by atoms with Gasteiger partial charge in [-0.15, -0.1) is 0 Å². The number of ether oxygens (including phenoxy) is 1. The fourth-order valence-corrected chi connectivity index (χ4v) is 3.27. The molecular weight excluding hydrogens is 262 g/mol. The van der Waals surface area contributed by atoms with Gasteiger partial charge in [-0.3, -0.25) is 0 Å². The molecule has 1 N–H and O–H groups in total. The summed E-state index contributed by atoms with van der Waals surface area (Å²) < 4.78 is 5.43. The predicted octanol–water partition coefficient (Wildman–Crippen LogP) is 5.43. The molecule has 0 aliphatic heterocycles. The van der Waals surface area contributed by atoms with Gasteiger partial charge in [-0.1, -0.05) is 65.2 Å². The molecule has 0 bridgehead atoms. The van der Waals surface area contributed by atoms with E-state index >= 15 is 0 Å². The molecule has 1 fully saturated rings. The molecule has 0 heterocycles. The van der Waals surface area contributed by atoms with Gasteiger partial charge in [0.05, 0.1) is 6.61 Å². The van der Waals surface area contributed by atoms with Gasteiger partial charge in [0.15, 0.2) is 0 Å². The summed E-state index contributed by atoms with van der Waals surface area (Å²) in [6.45, 7) is 5.81. The van der Waals surface area contributed by atoms with Gasteiger partial charge in [0.1, 0.15) is 0 Å². The number of nitrogens with one attached hydrogen (secondary N) is 1. The number of amides is 1. The van der Waals surface area contributed by atoms with Crippen molar-refractivity contribution in [1.29, 1.82) is 0 Å². The van der Waals surface area contributed by atoms with Crippen molar-refractivity contribution in [2.24, 2.45) is 5.41 Å². The lowest BCUT2D eigenvalue weighted by molar-refractivity contribution is 0.0816. The van der Waals surface area contributed by atoms with E-state index in [2.05, 4.69) is 19.2 Å². The van der Waals surface area contributed by atoms with Gasteiger partial charge in [0.2, 0.25) is 0 Å². The van der Waals surface area contributed by atoms with Gasteiger partial charge in [0.25, 0.3) is 0 Å². The van der Waals surface area contributed by atoms with Crippen LogP contribution in [0.1, 0.15) is 90.9 Å². The Morgan fingerprint density at radius 2 is 1.62 bits per heavy atom. The number of carbonyl (C=O) groups excluding carboxylic acids is 1. The molecule has 21 heavy (non-hydrogen) atoms. The van der Waals surface area contributed by atoms with Crippen molar-refractivity contribution in [3.05, 3.63) is 0 Å². The van der Waals surface area contributed by atoms with Gasteiger partial charge in [-0.2, -0.15) is 0 Å². The Morgan fingerprint density at radius 3 is 2.24 bits per heavy atom. The van der Waals surface area contributed by atoms with Crippen LogP contribution in [0.5, 0.6) is 0 Å². The summed E-state index contributed by atoms with van der Waals surface area (Å²) in [6.07, 6.45) is 14.8. The second-order valence-electron chi connectivity index (χ2n) is 6.68. The number of hydrogen-bond donors (Lipinski definition) is 1. The summed E-state index contributed by atoms with van der Waals surface area (Å²) in [5.74, 6) is 0. The monoisotopic (exact) mass is 297 g/mol. The van der Waals surface area contributed by atoms with Crippen molar-refractivity contribution in [2.45, 2.75) is 90.9 Å². The van der Waals surface area contributed by atoms with Crippen LogP contribution in [0.15, 0.2) is 0 Å². The zero-order chi connectivity index (χ0) is 15.4. The molecule has 1 amide bonds. The molecule has 3 heteroatoms. The first kappa shape index (κ1) is 18.3. The Morgan fingerprint density at radius 1 is 1.00 bits per heavy atom. The predicted molar refractivity (Wildman–Crippen MR) is 88.5 cm³/mol. The van der Waals surface area contributed by atoms with Crippen LogP contribution in [0.3, 0.4) is 0 Å². The minimum absolute atomic E-state index is 0.222. The molecule has 0 unspecified atom stereocenters. The Labute approximate surface area is 131 Å². The van der Waals surface area contributed by atoms with E-state index in [1.165, 1.54) is 64.2 Å². The first-order valence-corrected chi connectivity index (χ1v) is 9.13. The number of carbonyl (C=O) groups is 1. The molecule has 3 nitrogen and oxygen atoms in total. The molecule has 0 radical (unpaired) electrons. The largest absolute Gasteiger partial charge is 0.449 e. The Kier molecular flexibility index (Phi) is 9.53. The highest BCUT2D eigenvalue weighted by atomic mass is 16.5. The summed E-state index contributed by atoms with van der Waals surface area (Å²) in [6, 6.07) is 0. The van der Waals surface area contributed by atoms with Crippen molar-refractivity contribution >= 4 is 6.09 Å². The third-order valence-corrected chi connectivity index (χ3v) is 4.97. The van der Waals surface area contributed by atoms with Crippen LogP contribution in [0, 0.1) is 5.41 Å². The van der Waals surface area contributed by atoms with Gasteiger partial charge < -0.3 is 10.1 Å². The maximum absolute atomic E-state index is 11.7. The third kappa shape index (κ3) is 7.73. The molecule has 1 saturated carbocycles. The van der Waals surface area contributed by atoms with E-state index in [4.69, 9.17) is 4.74 Å². The highest BCUT2D eigenvalue weighted by Crippen LogP contribution is 2.41. The van der Waals surface area contributed by atoms with Crippen molar-refractivity contribution in [3.8, 4) is 0 Å². The number of rotatable bonds is 11. The van der Waals surface area contributed by atoms with E-state index in [0.29, 0.717) is 6.61 Å². The minimum atomic E-state index is -0.222. The summed E-state index contributed by atoms with van der Waals surface area (Å²) in [7, 11) is 0. The maximum atomic E-state index is 11.7. The van der Waals surface area contributed by atoms with Crippen LogP contribution in [0.25, 0.3) is 0 Å². The van der Waals surface area contributed by atoms with Gasteiger partial charge >= 0.3 is 6.09 Å². The molecule has 1 rings (SSSR count). The zero-order valence-corrected chi connectivity index (χ0v) is 14.2. The average molecular weight is 297 g/mol. The summed E-state index contributed by atoms with van der Waals surface area (Å²) in [5.41, 5.74) is 0.274. The molecule has 0 atom stereocenters. The molecule has 0 spiro atoms. The molecule has 1 aliphatic rings. The second kappa shape index (κ2) is 10.9. The normalized spacial score (nSPS) is 16.9. The smallest absolute Gasteiger partial charge is 0.407 e. The fourth-order valence-electron chi connectivity index (χ4n) is 3.27. The lowest BCUT2D eigenvalue weighted by atomic mass is 9.84. The molecular formula is C18H35NO2. The van der Waals surface area contributed by atoms with Crippen LogP contribution in [0.2, 0.25) is 0 Å². The van der Waals surface area contributed by atoms with Crippen LogP contribution >= 0.6 is 0 Å². The van der Waals surface area contributed by atoms with Crippen molar-refractivity contribution < 1.29 is 9.53 Å². The fraction of sp³-hybridized carbons (Fsp3) is 0.944. The van der Waals surface area contributed by atoms with Crippen LogP contribution < -0.4 is 5.32 Å². The van der Waals surface area contributed by atoms with E-state index in [9.17, 15) is 4.79 Å². The minimum Gasteiger partial charge on any atom is -0.449 e. The van der Waals surface area contributed by atoms with Crippen LogP contribution in [0.4, 0.5) is 4.79 Å². The summed E-state index contributed by atoms with van der Waals surface area (Å²) >= 11 is 0. The SMILES string of the molecule is CCCCCCCCCNC(=O)OCC1(CC)CCCC1. The quantitative estimate of drug-likeness (QED) is 0.516. The molecule has 0 aromatic heterocycles. The van der Waals surface area contributed by atoms with E-state index in [-0.39, 0.29) is 11.5 Å². The first-order valence-electron chi connectivity index (χ1n) is 9.13. The highest BCUT2D eigenvalue weighted by Gasteiger charge is 2.33. The zero-order valence-electron chi connectivity index (χ0n) is 14.2. The van der Waals surface area contributed by atoms with E-state index in [1.807, 2.05) is 0 Å². The summed E-state index contributed by atoms with van der Waals surface area (Å²) in [5, 5.41) is 2.89. The standard InChI is InChI=1S/C18H35NO2/c1-3-5-6-7-8-9-12-15-19-17(20)21-16-18(4-2)13-10-11-14-18/h3-16H2,1-2H3,(H,19,20). The van der Waals surface area contributed by atoms with Crippen molar-refractivity contribution in [3.63, 3.8) is 0 Å². The van der Waals surface area contributed by atoms with Crippen LogP contribution in [-0.2, 0) is 4.74 Å². The second-order valence-corrected chi connectivity index (χ2v) is 6.68.